The van der Waals surface area contributed by atoms with Crippen molar-refractivity contribution in [2.24, 2.45) is 5.92 Å². The van der Waals surface area contributed by atoms with Crippen LogP contribution in [0.25, 0.3) is 0 Å². The van der Waals surface area contributed by atoms with Crippen LogP contribution in [0.4, 0.5) is 0 Å². The predicted molar refractivity (Wildman–Crippen MR) is 60.2 cm³/mol. The fraction of sp³-hybridized carbons (Fsp3) is 1.00. The molecule has 0 amide bonds. The molecule has 2 aliphatic heterocycles. The van der Waals surface area contributed by atoms with Gasteiger partial charge in [0.2, 0.25) is 10.0 Å². The Kier molecular flexibility index (Phi) is 3.33. The maximum Gasteiger partial charge on any atom is 0.214 e. The highest BCUT2D eigenvalue weighted by Gasteiger charge is 2.38. The van der Waals surface area contributed by atoms with E-state index in [9.17, 15) is 8.42 Å². The van der Waals surface area contributed by atoms with Gasteiger partial charge >= 0.3 is 0 Å². The summed E-state index contributed by atoms with van der Waals surface area (Å²) in [7, 11) is -2.95. The Hall–Kier alpha value is -0.130. The summed E-state index contributed by atoms with van der Waals surface area (Å²) < 4.78 is 25.5. The summed E-state index contributed by atoms with van der Waals surface area (Å²) in [6.45, 7) is 4.73. The minimum absolute atomic E-state index is 0.245. The van der Waals surface area contributed by atoms with Crippen LogP contribution < -0.4 is 5.32 Å². The summed E-state index contributed by atoms with van der Waals surface area (Å²) in [5, 5.41) is 3.32. The molecule has 0 aliphatic carbocycles. The standard InChI is InChI=1S/C10H20N2O2S/c1-9-7-12(15(13,14)8-9)10-3-2-5-11-6-4-10/h9-11H,2-8H2,1H3. The topological polar surface area (TPSA) is 49.4 Å². The fourth-order valence-corrected chi connectivity index (χ4v) is 4.76. The van der Waals surface area contributed by atoms with Gasteiger partial charge in [-0.1, -0.05) is 6.92 Å². The predicted octanol–water partition coefficient (Wildman–Crippen LogP) is 0.410. The minimum atomic E-state index is -2.95. The molecule has 2 fully saturated rings. The second-order valence-corrected chi connectivity index (χ2v) is 6.75. The van der Waals surface area contributed by atoms with Crippen molar-refractivity contribution < 1.29 is 8.42 Å². The van der Waals surface area contributed by atoms with E-state index in [1.54, 1.807) is 4.31 Å². The lowest BCUT2D eigenvalue weighted by Crippen LogP contribution is -2.37. The number of rotatable bonds is 1. The molecule has 2 unspecified atom stereocenters. The van der Waals surface area contributed by atoms with E-state index in [0.29, 0.717) is 11.7 Å². The molecule has 0 aromatic carbocycles. The van der Waals surface area contributed by atoms with E-state index in [1.165, 1.54) is 0 Å². The van der Waals surface area contributed by atoms with Gasteiger partial charge in [0, 0.05) is 12.6 Å². The minimum Gasteiger partial charge on any atom is -0.317 e. The first kappa shape index (κ1) is 11.4. The molecule has 2 heterocycles. The molecule has 0 saturated carbocycles. The smallest absolute Gasteiger partial charge is 0.214 e. The Labute approximate surface area is 92.1 Å². The monoisotopic (exact) mass is 232 g/mol. The molecule has 2 saturated heterocycles. The van der Waals surface area contributed by atoms with Gasteiger partial charge in [0.15, 0.2) is 0 Å². The summed E-state index contributed by atoms with van der Waals surface area (Å²) in [6, 6.07) is 0.245. The second-order valence-electron chi connectivity index (χ2n) is 4.79. The maximum absolute atomic E-state index is 11.9. The molecule has 5 heteroatoms. The lowest BCUT2D eigenvalue weighted by molar-refractivity contribution is 0.299. The van der Waals surface area contributed by atoms with Crippen LogP contribution in [-0.4, -0.2) is 44.2 Å². The number of hydrogen-bond donors (Lipinski definition) is 1. The van der Waals surface area contributed by atoms with Gasteiger partial charge in [-0.05, 0) is 38.3 Å². The highest BCUT2D eigenvalue weighted by atomic mass is 32.2. The molecule has 2 rings (SSSR count). The second kappa shape index (κ2) is 4.39. The zero-order valence-corrected chi connectivity index (χ0v) is 10.1. The molecule has 1 N–H and O–H groups in total. The van der Waals surface area contributed by atoms with Crippen LogP contribution in [0, 0.1) is 5.92 Å². The Bertz CT molecular complexity index is 307. The third-order valence-corrected chi connectivity index (χ3v) is 5.45. The zero-order valence-electron chi connectivity index (χ0n) is 9.28. The molecule has 2 atom stereocenters. The van der Waals surface area contributed by atoms with E-state index in [2.05, 4.69) is 5.32 Å². The third kappa shape index (κ3) is 2.52. The van der Waals surface area contributed by atoms with Gasteiger partial charge in [-0.2, -0.15) is 4.31 Å². The van der Waals surface area contributed by atoms with Crippen LogP contribution in [-0.2, 0) is 10.0 Å². The van der Waals surface area contributed by atoms with E-state index >= 15 is 0 Å². The van der Waals surface area contributed by atoms with Gasteiger partial charge in [-0.3, -0.25) is 0 Å². The van der Waals surface area contributed by atoms with Crippen LogP contribution in [0.5, 0.6) is 0 Å². The largest absolute Gasteiger partial charge is 0.317 e. The van der Waals surface area contributed by atoms with Crippen LogP contribution in [0.2, 0.25) is 0 Å². The van der Waals surface area contributed by atoms with E-state index in [4.69, 9.17) is 0 Å². The van der Waals surface area contributed by atoms with Crippen molar-refractivity contribution in [2.45, 2.75) is 32.2 Å². The van der Waals surface area contributed by atoms with Crippen LogP contribution in [0.1, 0.15) is 26.2 Å². The van der Waals surface area contributed by atoms with Gasteiger partial charge in [-0.15, -0.1) is 0 Å². The van der Waals surface area contributed by atoms with Crippen molar-refractivity contribution >= 4 is 10.0 Å². The molecular weight excluding hydrogens is 212 g/mol. The fourth-order valence-electron chi connectivity index (χ4n) is 2.59. The molecule has 0 aromatic heterocycles. The molecule has 0 bridgehead atoms. The number of nitrogens with one attached hydrogen (secondary N) is 1. The number of nitrogens with zero attached hydrogens (tertiary/aromatic N) is 1. The highest BCUT2D eigenvalue weighted by Crippen LogP contribution is 2.25. The SMILES string of the molecule is CC1CN(C2CCCNCC2)S(=O)(=O)C1. The Morgan fingerprint density at radius 3 is 2.73 bits per heavy atom. The quantitative estimate of drug-likeness (QED) is 0.712. The highest BCUT2D eigenvalue weighted by molar-refractivity contribution is 7.89. The molecule has 15 heavy (non-hydrogen) atoms. The van der Waals surface area contributed by atoms with Crippen molar-refractivity contribution in [3.05, 3.63) is 0 Å². The Morgan fingerprint density at radius 1 is 1.27 bits per heavy atom. The Balaban J connectivity index is 2.08. The molecule has 4 nitrogen and oxygen atoms in total. The normalized spacial score (nSPS) is 37.7. The van der Waals surface area contributed by atoms with Crippen molar-refractivity contribution in [3.8, 4) is 0 Å². The summed E-state index contributed by atoms with van der Waals surface area (Å²) >= 11 is 0. The van der Waals surface area contributed by atoms with Gasteiger partial charge < -0.3 is 5.32 Å². The number of sulfonamides is 1. The first-order valence-corrected chi connectivity index (χ1v) is 7.41. The summed E-state index contributed by atoms with van der Waals surface area (Å²) in [5.41, 5.74) is 0. The molecule has 88 valence electrons. The first-order valence-electron chi connectivity index (χ1n) is 5.80. The van der Waals surface area contributed by atoms with Crippen LogP contribution in [0.15, 0.2) is 0 Å². The van der Waals surface area contributed by atoms with E-state index < -0.39 is 10.0 Å². The van der Waals surface area contributed by atoms with Gasteiger partial charge in [0.1, 0.15) is 0 Å². The van der Waals surface area contributed by atoms with Gasteiger partial charge in [-0.25, -0.2) is 8.42 Å². The summed E-state index contributed by atoms with van der Waals surface area (Å²) in [6.07, 6.45) is 3.07. The number of hydrogen-bond acceptors (Lipinski definition) is 3. The van der Waals surface area contributed by atoms with Crippen molar-refractivity contribution in [2.75, 3.05) is 25.4 Å². The first-order chi connectivity index (χ1) is 7.09. The third-order valence-electron chi connectivity index (χ3n) is 3.30. The maximum atomic E-state index is 11.9. The van der Waals surface area contributed by atoms with Crippen molar-refractivity contribution in [3.63, 3.8) is 0 Å². The van der Waals surface area contributed by atoms with Gasteiger partial charge in [0.25, 0.3) is 0 Å². The summed E-state index contributed by atoms with van der Waals surface area (Å²) in [5.74, 6) is 0.642. The lowest BCUT2D eigenvalue weighted by Gasteiger charge is -2.24. The average molecular weight is 232 g/mol. The Morgan fingerprint density at radius 2 is 2.07 bits per heavy atom. The van der Waals surface area contributed by atoms with Crippen molar-refractivity contribution in [1.29, 1.82) is 0 Å². The zero-order chi connectivity index (χ0) is 10.9. The molecule has 2 aliphatic rings. The molecule has 0 radical (unpaired) electrons. The lowest BCUT2D eigenvalue weighted by atomic mass is 10.1. The molecular formula is C10H20N2O2S. The van der Waals surface area contributed by atoms with Gasteiger partial charge in [0.05, 0.1) is 5.75 Å². The average Bonchev–Trinajstić information content (AvgIpc) is 2.41. The van der Waals surface area contributed by atoms with Crippen molar-refractivity contribution in [1.82, 2.24) is 9.62 Å². The molecule has 0 spiro atoms. The van der Waals surface area contributed by atoms with Crippen LogP contribution >= 0.6 is 0 Å². The summed E-state index contributed by atoms with van der Waals surface area (Å²) in [4.78, 5) is 0. The van der Waals surface area contributed by atoms with E-state index in [0.717, 1.165) is 38.9 Å². The van der Waals surface area contributed by atoms with E-state index in [-0.39, 0.29) is 6.04 Å². The van der Waals surface area contributed by atoms with E-state index in [1.807, 2.05) is 6.92 Å². The van der Waals surface area contributed by atoms with Crippen LogP contribution in [0.3, 0.4) is 0 Å². The molecule has 0 aromatic rings.